The summed E-state index contributed by atoms with van der Waals surface area (Å²) in [6.45, 7) is 2.18. The second-order valence-corrected chi connectivity index (χ2v) is 4.82. The summed E-state index contributed by atoms with van der Waals surface area (Å²) >= 11 is 4.25. The molecule has 0 radical (unpaired) electrons. The predicted molar refractivity (Wildman–Crippen MR) is 67.6 cm³/mol. The highest BCUT2D eigenvalue weighted by atomic mass is 32.1. The van der Waals surface area contributed by atoms with Crippen molar-refractivity contribution in [3.63, 3.8) is 0 Å². The van der Waals surface area contributed by atoms with E-state index >= 15 is 0 Å². The first-order valence-electron chi connectivity index (χ1n) is 5.22. The summed E-state index contributed by atoms with van der Waals surface area (Å²) in [6.07, 6.45) is 0.380. The van der Waals surface area contributed by atoms with Gasteiger partial charge in [0.15, 0.2) is 0 Å². The summed E-state index contributed by atoms with van der Waals surface area (Å²) < 4.78 is 0. The molecule has 90 valence electrons. The molecule has 1 fully saturated rings. The van der Waals surface area contributed by atoms with Crippen molar-refractivity contribution in [2.24, 2.45) is 0 Å². The Kier molecular flexibility index (Phi) is 3.06. The summed E-state index contributed by atoms with van der Waals surface area (Å²) in [6, 6.07) is 4.83. The zero-order valence-electron chi connectivity index (χ0n) is 9.29. The number of carbonyl (C=O) groups excluding carboxylic acids is 1. The van der Waals surface area contributed by atoms with Crippen LogP contribution in [0.1, 0.15) is 12.0 Å². The Balaban J connectivity index is 2.37. The van der Waals surface area contributed by atoms with Gasteiger partial charge < -0.3 is 4.90 Å². The largest absolute Gasteiger partial charge is 0.311 e. The lowest BCUT2D eigenvalue weighted by Gasteiger charge is -2.16. The number of nitro groups is 1. The van der Waals surface area contributed by atoms with E-state index in [1.807, 2.05) is 0 Å². The highest BCUT2D eigenvalue weighted by molar-refractivity contribution is 7.81. The fourth-order valence-electron chi connectivity index (χ4n) is 1.90. The molecular formula is C11H12N2O3S. The van der Waals surface area contributed by atoms with E-state index in [1.54, 1.807) is 24.0 Å². The number of rotatable bonds is 2. The Bertz CT molecular complexity index is 490. The lowest BCUT2D eigenvalue weighted by Crippen LogP contribution is -2.24. The number of nitrogens with zero attached hydrogens (tertiary/aromatic N) is 2. The maximum atomic E-state index is 11.7. The Morgan fingerprint density at radius 1 is 1.53 bits per heavy atom. The van der Waals surface area contributed by atoms with Crippen LogP contribution in [0.5, 0.6) is 0 Å². The number of benzene rings is 1. The zero-order valence-corrected chi connectivity index (χ0v) is 10.2. The van der Waals surface area contributed by atoms with Crippen molar-refractivity contribution in [2.75, 3.05) is 11.4 Å². The van der Waals surface area contributed by atoms with E-state index in [0.717, 1.165) is 0 Å². The molecule has 1 amide bonds. The summed E-state index contributed by atoms with van der Waals surface area (Å²) in [5.74, 6) is -0.0387. The fraction of sp³-hybridized carbons (Fsp3) is 0.364. The number of carbonyl (C=O) groups is 1. The van der Waals surface area contributed by atoms with Gasteiger partial charge in [-0.3, -0.25) is 14.9 Å². The topological polar surface area (TPSA) is 63.5 Å². The minimum atomic E-state index is -0.433. The number of aryl methyl sites for hydroxylation is 1. The second kappa shape index (κ2) is 4.37. The molecule has 1 heterocycles. The van der Waals surface area contributed by atoms with Crippen molar-refractivity contribution in [3.8, 4) is 0 Å². The van der Waals surface area contributed by atoms with Gasteiger partial charge in [-0.25, -0.2) is 0 Å². The number of nitro benzene ring substituents is 1. The molecule has 0 saturated carbocycles. The van der Waals surface area contributed by atoms with Gasteiger partial charge >= 0.3 is 0 Å². The first-order chi connectivity index (χ1) is 7.99. The van der Waals surface area contributed by atoms with Crippen LogP contribution in [0, 0.1) is 17.0 Å². The van der Waals surface area contributed by atoms with Crippen LogP contribution in [-0.2, 0) is 4.79 Å². The smallest absolute Gasteiger partial charge is 0.274 e. The lowest BCUT2D eigenvalue weighted by molar-refractivity contribution is -0.385. The van der Waals surface area contributed by atoms with Gasteiger partial charge in [-0.1, -0.05) is 6.07 Å². The van der Waals surface area contributed by atoms with E-state index in [-0.39, 0.29) is 16.8 Å². The average Bonchev–Trinajstić information content (AvgIpc) is 2.58. The minimum Gasteiger partial charge on any atom is -0.311 e. The lowest BCUT2D eigenvalue weighted by atomic mass is 10.2. The highest BCUT2D eigenvalue weighted by Gasteiger charge is 2.29. The van der Waals surface area contributed by atoms with Crippen LogP contribution in [0.15, 0.2) is 18.2 Å². The van der Waals surface area contributed by atoms with Crippen LogP contribution in [0.4, 0.5) is 11.4 Å². The number of amides is 1. The quantitative estimate of drug-likeness (QED) is 0.497. The van der Waals surface area contributed by atoms with Gasteiger partial charge in [0.2, 0.25) is 5.91 Å². The van der Waals surface area contributed by atoms with E-state index < -0.39 is 4.92 Å². The number of thiol groups is 1. The molecule has 1 saturated heterocycles. The minimum absolute atomic E-state index is 0.00265. The molecule has 1 aromatic rings. The van der Waals surface area contributed by atoms with E-state index in [0.29, 0.717) is 24.2 Å². The van der Waals surface area contributed by atoms with Gasteiger partial charge in [-0.15, -0.1) is 0 Å². The first-order valence-corrected chi connectivity index (χ1v) is 5.74. The van der Waals surface area contributed by atoms with Crippen LogP contribution >= 0.6 is 12.6 Å². The summed E-state index contributed by atoms with van der Waals surface area (Å²) in [7, 11) is 0. The molecule has 0 N–H and O–H groups in total. The SMILES string of the molecule is Cc1ccc(N2CC(S)CC2=O)cc1[N+](=O)[O-]. The van der Waals surface area contributed by atoms with E-state index in [9.17, 15) is 14.9 Å². The molecule has 0 aliphatic carbocycles. The summed E-state index contributed by atoms with van der Waals surface area (Å²) in [4.78, 5) is 23.6. The van der Waals surface area contributed by atoms with Gasteiger partial charge in [0.05, 0.1) is 10.6 Å². The molecule has 1 atom stereocenters. The van der Waals surface area contributed by atoms with E-state index in [1.165, 1.54) is 6.07 Å². The highest BCUT2D eigenvalue weighted by Crippen LogP contribution is 2.29. The molecule has 0 aromatic heterocycles. The van der Waals surface area contributed by atoms with Crippen molar-refractivity contribution in [3.05, 3.63) is 33.9 Å². The molecule has 2 rings (SSSR count). The van der Waals surface area contributed by atoms with Crippen LogP contribution < -0.4 is 4.90 Å². The summed E-state index contributed by atoms with van der Waals surface area (Å²) in [5, 5.41) is 10.8. The third kappa shape index (κ3) is 2.26. The maximum Gasteiger partial charge on any atom is 0.274 e. The van der Waals surface area contributed by atoms with Crippen molar-refractivity contribution in [1.29, 1.82) is 0 Å². The molecule has 17 heavy (non-hydrogen) atoms. The molecule has 1 aromatic carbocycles. The standard InChI is InChI=1S/C11H12N2O3S/c1-7-2-3-8(4-10(7)13(15)16)12-6-9(17)5-11(12)14/h2-4,9,17H,5-6H2,1H3. The molecular weight excluding hydrogens is 240 g/mol. The van der Waals surface area contributed by atoms with Gasteiger partial charge in [0.1, 0.15) is 0 Å². The summed E-state index contributed by atoms with van der Waals surface area (Å²) in [5.41, 5.74) is 1.20. The predicted octanol–water partition coefficient (Wildman–Crippen LogP) is 1.94. The van der Waals surface area contributed by atoms with Crippen molar-refractivity contribution in [1.82, 2.24) is 0 Å². The van der Waals surface area contributed by atoms with Crippen LogP contribution in [0.2, 0.25) is 0 Å². The molecule has 1 aliphatic heterocycles. The van der Waals surface area contributed by atoms with Crippen LogP contribution in [-0.4, -0.2) is 22.6 Å². The third-order valence-corrected chi connectivity index (χ3v) is 3.15. The van der Waals surface area contributed by atoms with Gasteiger partial charge in [-0.05, 0) is 13.0 Å². The fourth-order valence-corrected chi connectivity index (χ4v) is 2.22. The monoisotopic (exact) mass is 252 g/mol. The second-order valence-electron chi connectivity index (χ2n) is 4.09. The Hall–Kier alpha value is -1.56. The maximum absolute atomic E-state index is 11.7. The van der Waals surface area contributed by atoms with Gasteiger partial charge in [-0.2, -0.15) is 12.6 Å². The Morgan fingerprint density at radius 3 is 2.76 bits per heavy atom. The average molecular weight is 252 g/mol. The van der Waals surface area contributed by atoms with Crippen LogP contribution in [0.25, 0.3) is 0 Å². The number of anilines is 1. The number of hydrogen-bond acceptors (Lipinski definition) is 4. The molecule has 0 bridgehead atoms. The van der Waals surface area contributed by atoms with E-state index in [2.05, 4.69) is 12.6 Å². The Morgan fingerprint density at radius 2 is 2.24 bits per heavy atom. The molecule has 0 spiro atoms. The Labute approximate surface area is 104 Å². The van der Waals surface area contributed by atoms with Crippen molar-refractivity contribution in [2.45, 2.75) is 18.6 Å². The normalized spacial score (nSPS) is 19.8. The van der Waals surface area contributed by atoms with Gasteiger partial charge in [0, 0.05) is 29.8 Å². The molecule has 1 unspecified atom stereocenters. The molecule has 6 heteroatoms. The molecule has 1 aliphatic rings. The molecule has 5 nitrogen and oxygen atoms in total. The van der Waals surface area contributed by atoms with E-state index in [4.69, 9.17) is 0 Å². The number of hydrogen-bond donors (Lipinski definition) is 1. The van der Waals surface area contributed by atoms with Crippen molar-refractivity contribution < 1.29 is 9.72 Å². The van der Waals surface area contributed by atoms with Crippen molar-refractivity contribution >= 4 is 29.9 Å². The van der Waals surface area contributed by atoms with Crippen LogP contribution in [0.3, 0.4) is 0 Å². The van der Waals surface area contributed by atoms with Gasteiger partial charge in [0.25, 0.3) is 5.69 Å². The third-order valence-electron chi connectivity index (χ3n) is 2.81. The first kappa shape index (κ1) is 11.9. The zero-order chi connectivity index (χ0) is 12.6.